The Morgan fingerprint density at radius 3 is 2.87 bits per heavy atom. The number of ether oxygens (including phenoxy) is 1. The second-order valence-electron chi connectivity index (χ2n) is 7.91. The van der Waals surface area contributed by atoms with Crippen molar-refractivity contribution in [3.63, 3.8) is 0 Å². The zero-order valence-electron chi connectivity index (χ0n) is 16.4. The van der Waals surface area contributed by atoms with E-state index in [1.54, 1.807) is 19.2 Å². The molecule has 2 saturated heterocycles. The molecule has 2 aliphatic rings. The molecular weight excluding hydrogens is 405 g/mol. The molecule has 3 atom stereocenters. The van der Waals surface area contributed by atoms with Crippen molar-refractivity contribution < 1.29 is 13.9 Å². The van der Waals surface area contributed by atoms with Crippen LogP contribution in [-0.4, -0.2) is 47.1 Å². The van der Waals surface area contributed by atoms with Gasteiger partial charge in [0.1, 0.15) is 11.6 Å². The molecule has 7 heteroatoms. The fourth-order valence-electron chi connectivity index (χ4n) is 4.46. The van der Waals surface area contributed by atoms with Crippen molar-refractivity contribution in [1.29, 1.82) is 0 Å². The Kier molecular flexibility index (Phi) is 4.83. The van der Waals surface area contributed by atoms with Crippen molar-refractivity contribution in [3.05, 3.63) is 59.5 Å². The van der Waals surface area contributed by atoms with Gasteiger partial charge in [0.25, 0.3) is 5.91 Å². The summed E-state index contributed by atoms with van der Waals surface area (Å²) in [5.41, 5.74) is 2.32. The Morgan fingerprint density at radius 1 is 1.27 bits per heavy atom. The highest BCUT2D eigenvalue weighted by Crippen LogP contribution is 2.34. The van der Waals surface area contributed by atoms with E-state index in [-0.39, 0.29) is 17.8 Å². The van der Waals surface area contributed by atoms with Crippen molar-refractivity contribution in [2.24, 2.45) is 0 Å². The third-order valence-corrected chi connectivity index (χ3v) is 6.25. The predicted molar refractivity (Wildman–Crippen MR) is 114 cm³/mol. The Hall–Kier alpha value is -2.70. The first-order valence-electron chi connectivity index (χ1n) is 10.0. The van der Waals surface area contributed by atoms with Crippen LogP contribution >= 0.6 is 11.6 Å². The largest absolute Gasteiger partial charge is 0.481 e. The van der Waals surface area contributed by atoms with Crippen LogP contribution in [0.4, 0.5) is 4.39 Å². The lowest BCUT2D eigenvalue weighted by Crippen LogP contribution is -2.50. The summed E-state index contributed by atoms with van der Waals surface area (Å²) in [6.45, 7) is 3.39. The number of rotatable bonds is 4. The van der Waals surface area contributed by atoms with Crippen molar-refractivity contribution in [2.75, 3.05) is 13.1 Å². The molecular formula is C23H21ClFN3O2. The number of benzene rings is 2. The summed E-state index contributed by atoms with van der Waals surface area (Å²) >= 11 is 6.26. The van der Waals surface area contributed by atoms with E-state index in [9.17, 15) is 9.18 Å². The molecule has 2 aromatic carbocycles. The van der Waals surface area contributed by atoms with Gasteiger partial charge in [-0.15, -0.1) is 0 Å². The van der Waals surface area contributed by atoms with Crippen molar-refractivity contribution in [1.82, 2.24) is 15.2 Å². The number of nitrogens with zero attached hydrogens (tertiary/aromatic N) is 2. The molecule has 2 aliphatic heterocycles. The Morgan fingerprint density at radius 2 is 2.13 bits per heavy atom. The molecule has 1 amide bonds. The standard InChI is InChI=1S/C23H21ClFN3O2/c1-13(23(29)28-12-15-9-16(28)11-27-15)30-17-3-5-20-18(6-7-26-22(20)10-17)19-4-2-14(25)8-21(19)24/h2-8,10,13,15-16,27H,9,11-12H2,1H3/t13-,15?,16-/m1/s1. The Balaban J connectivity index is 1.39. The van der Waals surface area contributed by atoms with Gasteiger partial charge in [-0.1, -0.05) is 11.6 Å². The lowest BCUT2D eigenvalue weighted by atomic mass is 10.0. The monoisotopic (exact) mass is 425 g/mol. The highest BCUT2D eigenvalue weighted by Gasteiger charge is 2.41. The predicted octanol–water partition coefficient (Wildman–Crippen LogP) is 4.03. The fraction of sp³-hybridized carbons (Fsp3) is 0.304. The Labute approximate surface area is 178 Å². The number of halogens is 2. The maximum absolute atomic E-state index is 13.4. The van der Waals surface area contributed by atoms with Crippen LogP contribution in [0, 0.1) is 5.82 Å². The number of likely N-dealkylation sites (tertiary alicyclic amines) is 1. The molecule has 0 saturated carbocycles. The average Bonchev–Trinajstić information content (AvgIpc) is 3.36. The van der Waals surface area contributed by atoms with E-state index in [1.807, 2.05) is 29.2 Å². The lowest BCUT2D eigenvalue weighted by Gasteiger charge is -2.30. The third-order valence-electron chi connectivity index (χ3n) is 5.94. The summed E-state index contributed by atoms with van der Waals surface area (Å²) in [5.74, 6) is 0.225. The van der Waals surface area contributed by atoms with E-state index < -0.39 is 6.10 Å². The first-order valence-corrected chi connectivity index (χ1v) is 10.4. The van der Waals surface area contributed by atoms with Gasteiger partial charge in [-0.3, -0.25) is 9.78 Å². The number of hydrogen-bond donors (Lipinski definition) is 1. The number of amides is 1. The van der Waals surface area contributed by atoms with Crippen LogP contribution < -0.4 is 10.1 Å². The van der Waals surface area contributed by atoms with Crippen molar-refractivity contribution in [3.8, 4) is 16.9 Å². The summed E-state index contributed by atoms with van der Waals surface area (Å²) in [5, 5.41) is 4.62. The first-order chi connectivity index (χ1) is 14.5. The van der Waals surface area contributed by atoms with Crippen LogP contribution in [0.3, 0.4) is 0 Å². The van der Waals surface area contributed by atoms with Crippen LogP contribution in [-0.2, 0) is 4.79 Å². The number of pyridine rings is 1. The molecule has 3 aromatic rings. The molecule has 3 heterocycles. The maximum atomic E-state index is 13.4. The van der Waals surface area contributed by atoms with E-state index in [4.69, 9.17) is 16.3 Å². The number of carbonyl (C=O) groups excluding carboxylic acids is 1. The van der Waals surface area contributed by atoms with Crippen molar-refractivity contribution >= 4 is 28.4 Å². The van der Waals surface area contributed by atoms with Gasteiger partial charge in [-0.25, -0.2) is 4.39 Å². The number of piperazine rings is 1. The van der Waals surface area contributed by atoms with Gasteiger partial charge in [0.2, 0.25) is 0 Å². The van der Waals surface area contributed by atoms with Gasteiger partial charge >= 0.3 is 0 Å². The highest BCUT2D eigenvalue weighted by atomic mass is 35.5. The fourth-order valence-corrected chi connectivity index (χ4v) is 4.73. The second-order valence-corrected chi connectivity index (χ2v) is 8.31. The topological polar surface area (TPSA) is 54.5 Å². The van der Waals surface area contributed by atoms with Gasteiger partial charge in [-0.2, -0.15) is 0 Å². The minimum Gasteiger partial charge on any atom is -0.481 e. The minimum atomic E-state index is -0.573. The normalized spacial score (nSPS) is 21.2. The quantitative estimate of drug-likeness (QED) is 0.685. The summed E-state index contributed by atoms with van der Waals surface area (Å²) in [6.07, 6.45) is 2.13. The smallest absolute Gasteiger partial charge is 0.263 e. The molecule has 2 bridgehead atoms. The molecule has 0 radical (unpaired) electrons. The summed E-state index contributed by atoms with van der Waals surface area (Å²) in [7, 11) is 0. The van der Waals surface area contributed by atoms with E-state index in [0.29, 0.717) is 16.8 Å². The summed E-state index contributed by atoms with van der Waals surface area (Å²) in [4.78, 5) is 19.2. The zero-order valence-corrected chi connectivity index (χ0v) is 17.2. The number of aromatic nitrogens is 1. The molecule has 154 valence electrons. The number of fused-ring (bicyclic) bond motifs is 3. The highest BCUT2D eigenvalue weighted by molar-refractivity contribution is 6.33. The van der Waals surface area contributed by atoms with Crippen LogP contribution in [0.1, 0.15) is 13.3 Å². The van der Waals surface area contributed by atoms with Crippen LogP contribution in [0.5, 0.6) is 5.75 Å². The second kappa shape index (κ2) is 7.52. The summed E-state index contributed by atoms with van der Waals surface area (Å²) in [6, 6.07) is 12.4. The van der Waals surface area contributed by atoms with Gasteiger partial charge in [0.15, 0.2) is 6.10 Å². The minimum absolute atomic E-state index is 0.0175. The molecule has 1 N–H and O–H groups in total. The van der Waals surface area contributed by atoms with Gasteiger partial charge < -0.3 is 15.0 Å². The first kappa shape index (κ1) is 19.3. The number of nitrogens with one attached hydrogen (secondary N) is 1. The lowest BCUT2D eigenvalue weighted by molar-refractivity contribution is -0.139. The molecule has 30 heavy (non-hydrogen) atoms. The summed E-state index contributed by atoms with van der Waals surface area (Å²) < 4.78 is 19.4. The zero-order chi connectivity index (χ0) is 20.8. The van der Waals surface area contributed by atoms with E-state index in [1.165, 1.54) is 12.1 Å². The van der Waals surface area contributed by atoms with E-state index in [0.717, 1.165) is 41.5 Å². The van der Waals surface area contributed by atoms with Crippen LogP contribution in [0.15, 0.2) is 48.7 Å². The molecule has 1 aromatic heterocycles. The molecule has 0 spiro atoms. The molecule has 5 rings (SSSR count). The van der Waals surface area contributed by atoms with Gasteiger partial charge in [0.05, 0.1) is 10.5 Å². The third kappa shape index (κ3) is 3.40. The van der Waals surface area contributed by atoms with Crippen LogP contribution in [0.2, 0.25) is 5.02 Å². The van der Waals surface area contributed by atoms with E-state index in [2.05, 4.69) is 10.3 Å². The van der Waals surface area contributed by atoms with Gasteiger partial charge in [0, 0.05) is 48.4 Å². The van der Waals surface area contributed by atoms with Crippen molar-refractivity contribution in [2.45, 2.75) is 31.5 Å². The maximum Gasteiger partial charge on any atom is 0.263 e. The van der Waals surface area contributed by atoms with E-state index >= 15 is 0 Å². The number of hydrogen-bond acceptors (Lipinski definition) is 4. The molecule has 2 fully saturated rings. The molecule has 1 unspecified atom stereocenters. The van der Waals surface area contributed by atoms with Gasteiger partial charge in [-0.05, 0) is 55.3 Å². The molecule has 5 nitrogen and oxygen atoms in total. The average molecular weight is 426 g/mol. The number of carbonyl (C=O) groups is 1. The van der Waals surface area contributed by atoms with Crippen LogP contribution in [0.25, 0.3) is 22.0 Å². The Bertz CT molecular complexity index is 1140. The molecule has 0 aliphatic carbocycles. The SMILES string of the molecule is C[C@@H](Oc1ccc2c(-c3ccc(F)cc3Cl)ccnc2c1)C(=O)N1CC2C[C@@H]1CN2.